The van der Waals surface area contributed by atoms with Gasteiger partial charge >= 0.3 is 12.4 Å². The number of rotatable bonds is 5. The van der Waals surface area contributed by atoms with E-state index in [9.17, 15) is 26.3 Å². The van der Waals surface area contributed by atoms with Crippen molar-refractivity contribution in [1.82, 2.24) is 24.3 Å². The summed E-state index contributed by atoms with van der Waals surface area (Å²) in [5.74, 6) is 0.857. The zero-order valence-corrected chi connectivity index (χ0v) is 24.6. The molecule has 2 fully saturated rings. The van der Waals surface area contributed by atoms with Crippen LogP contribution in [0.1, 0.15) is 22.7 Å². The van der Waals surface area contributed by atoms with Crippen molar-refractivity contribution < 1.29 is 31.1 Å². The summed E-state index contributed by atoms with van der Waals surface area (Å²) in [6, 6.07) is 7.71. The van der Waals surface area contributed by atoms with Crippen LogP contribution in [0, 0.1) is 0 Å². The Balaban J connectivity index is 1.65. The van der Waals surface area contributed by atoms with Crippen LogP contribution in [0.4, 0.5) is 38.0 Å². The van der Waals surface area contributed by atoms with Crippen molar-refractivity contribution in [1.29, 1.82) is 0 Å². The van der Waals surface area contributed by atoms with Crippen molar-refractivity contribution in [2.75, 3.05) is 71.9 Å². The van der Waals surface area contributed by atoms with Gasteiger partial charge in [-0.25, -0.2) is 4.98 Å². The Labute approximate surface area is 250 Å². The molecule has 0 amide bonds. The van der Waals surface area contributed by atoms with Gasteiger partial charge < -0.3 is 14.5 Å². The molecule has 0 spiro atoms. The molecule has 5 rings (SSSR count). The summed E-state index contributed by atoms with van der Waals surface area (Å²) in [6.45, 7) is 3.98. The number of nitrogens with zero attached hydrogens (tertiary/aromatic N) is 6. The first-order chi connectivity index (χ1) is 20.1. The lowest BCUT2D eigenvalue weighted by molar-refractivity contribution is -0.143. The fraction of sp³-hybridized carbons (Fsp3) is 0.448. The van der Waals surface area contributed by atoms with Crippen LogP contribution in [0.25, 0.3) is 0 Å². The molecule has 2 unspecified atom stereocenters. The van der Waals surface area contributed by atoms with Crippen LogP contribution >= 0.6 is 11.6 Å². The van der Waals surface area contributed by atoms with Gasteiger partial charge in [-0.2, -0.15) is 31.3 Å². The number of benzene rings is 2. The normalized spacial score (nSPS) is 22.6. The lowest BCUT2D eigenvalue weighted by Crippen LogP contribution is -2.59. The van der Waals surface area contributed by atoms with Gasteiger partial charge in [0.2, 0.25) is 11.6 Å². The molecular weight excluding hydrogens is 598 g/mol. The molecule has 232 valence electrons. The number of likely N-dealkylation sites (N-methyl/N-ethyl adjacent to an activating group) is 3. The molecule has 1 aromatic heterocycles. The molecule has 2 aliphatic rings. The highest BCUT2D eigenvalue weighted by Gasteiger charge is 2.46. The van der Waals surface area contributed by atoms with E-state index in [-0.39, 0.29) is 28.5 Å². The van der Waals surface area contributed by atoms with Gasteiger partial charge in [0.15, 0.2) is 0 Å². The first-order valence-corrected chi connectivity index (χ1v) is 14.1. The first kappa shape index (κ1) is 31.3. The standard InChI is InChI=1S/C29H32ClF6N6O/c1-39-8-10-41(11-9-39)27-37-17-23(26(38-27)43-25-7-5-4-6-22(25)30)42(3)13-12-40(2)18-24(42)19-14-20(28(31,32)33)16-21(15-19)29(34,35)36/h4-7,14-17,24H,8-13,18H2,1-3H3/q+1. The molecule has 43 heavy (non-hydrogen) atoms. The minimum absolute atomic E-state index is 0.0915. The van der Waals surface area contributed by atoms with Crippen molar-refractivity contribution in [2.45, 2.75) is 18.4 Å². The molecule has 14 heteroatoms. The van der Waals surface area contributed by atoms with E-state index in [1.807, 2.05) is 16.8 Å². The second-order valence-electron chi connectivity index (χ2n) is 11.3. The molecule has 2 saturated heterocycles. The number of anilines is 1. The molecule has 0 N–H and O–H groups in total. The van der Waals surface area contributed by atoms with Crippen LogP contribution in [0.3, 0.4) is 0 Å². The predicted molar refractivity (Wildman–Crippen MR) is 153 cm³/mol. The van der Waals surface area contributed by atoms with Gasteiger partial charge in [-0.3, -0.25) is 9.38 Å². The maximum Gasteiger partial charge on any atom is 0.416 e. The number of quaternary nitrogens is 1. The van der Waals surface area contributed by atoms with Crippen LogP contribution < -0.4 is 14.1 Å². The fourth-order valence-corrected chi connectivity index (χ4v) is 5.74. The van der Waals surface area contributed by atoms with E-state index in [1.54, 1.807) is 44.6 Å². The highest BCUT2D eigenvalue weighted by Crippen LogP contribution is 2.45. The van der Waals surface area contributed by atoms with Gasteiger partial charge in [-0.1, -0.05) is 23.7 Å². The van der Waals surface area contributed by atoms with E-state index in [0.717, 1.165) is 25.2 Å². The Bertz CT molecular complexity index is 1430. The third kappa shape index (κ3) is 6.69. The van der Waals surface area contributed by atoms with Crippen molar-refractivity contribution in [3.8, 4) is 11.6 Å². The van der Waals surface area contributed by atoms with Crippen molar-refractivity contribution in [3.63, 3.8) is 0 Å². The van der Waals surface area contributed by atoms with E-state index in [0.29, 0.717) is 48.6 Å². The van der Waals surface area contributed by atoms with Gasteiger partial charge in [0.1, 0.15) is 11.8 Å². The van der Waals surface area contributed by atoms with Crippen LogP contribution in [-0.4, -0.2) is 86.7 Å². The quantitative estimate of drug-likeness (QED) is 0.243. The molecule has 2 aliphatic heterocycles. The summed E-state index contributed by atoms with van der Waals surface area (Å²) in [7, 11) is 5.56. The number of piperazine rings is 2. The number of halogens is 7. The largest absolute Gasteiger partial charge is 0.433 e. The second kappa shape index (κ2) is 11.8. The molecule has 2 atom stereocenters. The summed E-state index contributed by atoms with van der Waals surface area (Å²) in [6.07, 6.45) is -8.36. The monoisotopic (exact) mass is 629 g/mol. The predicted octanol–water partition coefficient (Wildman–Crippen LogP) is 6.34. The smallest absolute Gasteiger partial charge is 0.416 e. The molecule has 3 aromatic rings. The zero-order valence-electron chi connectivity index (χ0n) is 23.9. The van der Waals surface area contributed by atoms with Gasteiger partial charge in [0.25, 0.3) is 5.88 Å². The van der Waals surface area contributed by atoms with Crippen LogP contribution in [0.2, 0.25) is 5.02 Å². The second-order valence-corrected chi connectivity index (χ2v) is 11.7. The van der Waals surface area contributed by atoms with Crippen LogP contribution in [0.5, 0.6) is 11.6 Å². The number of hydrogen-bond acceptors (Lipinski definition) is 6. The summed E-state index contributed by atoms with van der Waals surface area (Å²) in [4.78, 5) is 15.5. The molecule has 0 aliphatic carbocycles. The Kier molecular flexibility index (Phi) is 8.55. The average molecular weight is 630 g/mol. The highest BCUT2D eigenvalue weighted by atomic mass is 35.5. The molecule has 7 nitrogen and oxygen atoms in total. The minimum atomic E-state index is -4.97. The summed E-state index contributed by atoms with van der Waals surface area (Å²) in [5, 5.41) is 0.318. The SMILES string of the molecule is CN1CCN(c2ncc([N+]3(C)CCN(C)CC3c3cc(C(F)(F)F)cc(C(F)(F)F)c3)c(Oc3ccccc3Cl)n2)CC1. The first-order valence-electron chi connectivity index (χ1n) is 13.7. The van der Waals surface area contributed by atoms with E-state index >= 15 is 0 Å². The lowest BCUT2D eigenvalue weighted by atomic mass is 9.94. The Morgan fingerprint density at radius 2 is 1.51 bits per heavy atom. The number of hydrogen-bond donors (Lipinski definition) is 0. The lowest BCUT2D eigenvalue weighted by Gasteiger charge is -2.47. The number of ether oxygens (including phenoxy) is 1. The van der Waals surface area contributed by atoms with E-state index < -0.39 is 29.5 Å². The zero-order chi connectivity index (χ0) is 31.2. The highest BCUT2D eigenvalue weighted by molar-refractivity contribution is 6.32. The van der Waals surface area contributed by atoms with E-state index in [1.165, 1.54) is 0 Å². The topological polar surface area (TPSA) is 44.7 Å². The molecule has 0 radical (unpaired) electrons. The molecule has 0 saturated carbocycles. The molecule has 2 aromatic carbocycles. The average Bonchev–Trinajstić information content (AvgIpc) is 2.95. The summed E-state index contributed by atoms with van der Waals surface area (Å²) >= 11 is 6.41. The van der Waals surface area contributed by atoms with Crippen molar-refractivity contribution >= 4 is 23.2 Å². The molecular formula is C29H32ClF6N6O+. The third-order valence-corrected chi connectivity index (χ3v) is 8.53. The third-order valence-electron chi connectivity index (χ3n) is 8.22. The number of para-hydroxylation sites is 1. The molecule has 3 heterocycles. The summed E-state index contributed by atoms with van der Waals surface area (Å²) in [5.41, 5.74) is -2.39. The Hall–Kier alpha value is -3.13. The van der Waals surface area contributed by atoms with Gasteiger partial charge in [-0.15, -0.1) is 0 Å². The van der Waals surface area contributed by atoms with E-state index in [2.05, 4.69) is 9.88 Å². The van der Waals surface area contributed by atoms with Crippen LogP contribution in [-0.2, 0) is 12.4 Å². The number of alkyl halides is 6. The molecule has 0 bridgehead atoms. The van der Waals surface area contributed by atoms with Crippen molar-refractivity contribution in [3.05, 3.63) is 70.4 Å². The van der Waals surface area contributed by atoms with Gasteiger partial charge in [0.05, 0.1) is 42.5 Å². The van der Waals surface area contributed by atoms with Gasteiger partial charge in [0, 0.05) is 38.3 Å². The number of aromatic nitrogens is 2. The van der Waals surface area contributed by atoms with Crippen molar-refractivity contribution in [2.24, 2.45) is 0 Å². The van der Waals surface area contributed by atoms with Gasteiger partial charge in [-0.05, 0) is 44.4 Å². The Morgan fingerprint density at radius 3 is 2.12 bits per heavy atom. The minimum Gasteiger partial charge on any atom is -0.433 e. The maximum atomic E-state index is 13.8. The van der Waals surface area contributed by atoms with E-state index in [4.69, 9.17) is 21.3 Å². The summed E-state index contributed by atoms with van der Waals surface area (Å²) < 4.78 is 89.2. The fourth-order valence-electron chi connectivity index (χ4n) is 5.56. The maximum absolute atomic E-state index is 13.8. The van der Waals surface area contributed by atoms with Crippen LogP contribution in [0.15, 0.2) is 48.7 Å². The Morgan fingerprint density at radius 1 is 0.884 bits per heavy atom.